The summed E-state index contributed by atoms with van der Waals surface area (Å²) in [6.07, 6.45) is 13.4. The van der Waals surface area contributed by atoms with Gasteiger partial charge in [-0.25, -0.2) is 9.97 Å². The lowest BCUT2D eigenvalue weighted by Crippen LogP contribution is -2.30. The highest BCUT2D eigenvalue weighted by atomic mass is 16.1. The Morgan fingerprint density at radius 2 is 1.95 bits per heavy atom. The van der Waals surface area contributed by atoms with Crippen molar-refractivity contribution in [2.45, 2.75) is 26.2 Å². The van der Waals surface area contributed by atoms with Crippen molar-refractivity contribution in [3.63, 3.8) is 0 Å². The average Bonchev–Trinajstić information content (AvgIpc) is 3.71. The summed E-state index contributed by atoms with van der Waals surface area (Å²) in [4.78, 5) is 34.2. The molecule has 0 radical (unpaired) electrons. The number of hydrogen-bond acceptors (Lipinski definition) is 7. The molecular formula is C29H28N10O. The Kier molecular flexibility index (Phi) is 6.05. The number of rotatable bonds is 6. The van der Waals surface area contributed by atoms with Crippen LogP contribution in [0.25, 0.3) is 50.3 Å². The second-order valence-electron chi connectivity index (χ2n) is 10.3. The van der Waals surface area contributed by atoms with Gasteiger partial charge in [0.1, 0.15) is 11.2 Å². The van der Waals surface area contributed by atoms with Crippen molar-refractivity contribution in [3.8, 4) is 28.3 Å². The second-order valence-corrected chi connectivity index (χ2v) is 10.3. The summed E-state index contributed by atoms with van der Waals surface area (Å²) in [6.45, 7) is 3.90. The van der Waals surface area contributed by atoms with Gasteiger partial charge in [0, 0.05) is 29.8 Å². The molecule has 0 saturated carbocycles. The van der Waals surface area contributed by atoms with Crippen LogP contribution in [0.1, 0.15) is 25.0 Å². The Morgan fingerprint density at radius 3 is 2.80 bits per heavy atom. The molecule has 200 valence electrons. The van der Waals surface area contributed by atoms with Gasteiger partial charge in [-0.1, -0.05) is 0 Å². The largest absolute Gasteiger partial charge is 0.352 e. The van der Waals surface area contributed by atoms with Crippen LogP contribution in [0.4, 0.5) is 5.69 Å². The van der Waals surface area contributed by atoms with Crippen LogP contribution in [0.2, 0.25) is 0 Å². The Hall–Kier alpha value is -4.90. The molecule has 0 spiro atoms. The average molecular weight is 533 g/mol. The number of aromatic nitrogens is 8. The van der Waals surface area contributed by atoms with Gasteiger partial charge in [0.05, 0.1) is 64.4 Å². The zero-order valence-electron chi connectivity index (χ0n) is 22.0. The van der Waals surface area contributed by atoms with Gasteiger partial charge < -0.3 is 20.2 Å². The number of nitrogens with one attached hydrogen (secondary N) is 4. The SMILES string of the molecule is Cc1cn(-c2cncc3[nH]c(-c4n[nH]c5ccc(-c6cncc(NC(=O)CC7CCNCC7)c6)nc45)cc23)cn1. The third-order valence-corrected chi connectivity index (χ3v) is 7.43. The number of anilines is 1. The smallest absolute Gasteiger partial charge is 0.224 e. The minimum atomic E-state index is 0.0184. The molecule has 6 aromatic rings. The topological polar surface area (TPSA) is 142 Å². The number of hydrogen-bond donors (Lipinski definition) is 4. The summed E-state index contributed by atoms with van der Waals surface area (Å²) >= 11 is 0. The lowest BCUT2D eigenvalue weighted by Gasteiger charge is -2.21. The second kappa shape index (κ2) is 10.0. The first-order chi connectivity index (χ1) is 19.6. The maximum atomic E-state index is 12.7. The summed E-state index contributed by atoms with van der Waals surface area (Å²) in [5, 5.41) is 15.0. The number of piperidine rings is 1. The van der Waals surface area contributed by atoms with E-state index >= 15 is 0 Å². The number of H-pyrrole nitrogens is 2. The fraction of sp³-hybridized carbons (Fsp3) is 0.241. The summed E-state index contributed by atoms with van der Waals surface area (Å²) < 4.78 is 1.96. The minimum Gasteiger partial charge on any atom is -0.352 e. The van der Waals surface area contributed by atoms with E-state index < -0.39 is 0 Å². The minimum absolute atomic E-state index is 0.0184. The molecule has 11 heteroatoms. The van der Waals surface area contributed by atoms with E-state index in [9.17, 15) is 4.79 Å². The van der Waals surface area contributed by atoms with Gasteiger partial charge in [0.2, 0.25) is 5.91 Å². The zero-order chi connectivity index (χ0) is 27.1. The molecule has 40 heavy (non-hydrogen) atoms. The monoisotopic (exact) mass is 532 g/mol. The molecule has 11 nitrogen and oxygen atoms in total. The van der Waals surface area contributed by atoms with Crippen molar-refractivity contribution in [1.82, 2.24) is 45.0 Å². The van der Waals surface area contributed by atoms with E-state index in [1.807, 2.05) is 42.1 Å². The van der Waals surface area contributed by atoms with E-state index in [1.54, 1.807) is 24.9 Å². The first kappa shape index (κ1) is 24.2. The number of pyridine rings is 3. The Bertz CT molecular complexity index is 1840. The van der Waals surface area contributed by atoms with Gasteiger partial charge in [0.25, 0.3) is 0 Å². The molecule has 1 saturated heterocycles. The number of amides is 1. The van der Waals surface area contributed by atoms with Crippen LogP contribution in [-0.4, -0.2) is 58.7 Å². The Balaban J connectivity index is 1.19. The highest BCUT2D eigenvalue weighted by Gasteiger charge is 2.18. The fourth-order valence-electron chi connectivity index (χ4n) is 5.38. The van der Waals surface area contributed by atoms with Crippen molar-refractivity contribution in [2.75, 3.05) is 18.4 Å². The van der Waals surface area contributed by atoms with E-state index in [2.05, 4.69) is 46.8 Å². The van der Waals surface area contributed by atoms with Gasteiger partial charge in [-0.2, -0.15) is 5.10 Å². The molecule has 0 atom stereocenters. The highest BCUT2D eigenvalue weighted by Crippen LogP contribution is 2.32. The fourth-order valence-corrected chi connectivity index (χ4v) is 5.38. The van der Waals surface area contributed by atoms with Crippen molar-refractivity contribution >= 4 is 33.5 Å². The van der Waals surface area contributed by atoms with E-state index in [0.29, 0.717) is 23.7 Å². The summed E-state index contributed by atoms with van der Waals surface area (Å²) in [6, 6.07) is 7.86. The predicted octanol–water partition coefficient (Wildman–Crippen LogP) is 4.39. The van der Waals surface area contributed by atoms with Crippen molar-refractivity contribution in [2.24, 2.45) is 5.92 Å². The van der Waals surface area contributed by atoms with Crippen LogP contribution < -0.4 is 10.6 Å². The Morgan fingerprint density at radius 1 is 1.07 bits per heavy atom. The number of carbonyl (C=O) groups is 1. The van der Waals surface area contributed by atoms with Gasteiger partial charge in [-0.3, -0.25) is 19.9 Å². The van der Waals surface area contributed by atoms with E-state index in [0.717, 1.165) is 76.2 Å². The standard InChI is InChI=1S/C29H28N10O/c1-17-15-39(16-33-17)26-14-32-13-25-21(26)10-24(35-25)29-28-23(37-38-29)3-2-22(36-28)19-9-20(12-31-11-19)34-27(40)8-18-4-6-30-7-5-18/h2-3,9-16,18,30,35H,4-8H2,1H3,(H,34,40)(H,37,38). The van der Waals surface area contributed by atoms with Crippen LogP contribution in [-0.2, 0) is 4.79 Å². The van der Waals surface area contributed by atoms with Gasteiger partial charge in [0.15, 0.2) is 0 Å². The molecule has 1 amide bonds. The Labute approximate surface area is 229 Å². The van der Waals surface area contributed by atoms with E-state index in [4.69, 9.17) is 4.98 Å². The lowest BCUT2D eigenvalue weighted by molar-refractivity contribution is -0.117. The molecular weight excluding hydrogens is 504 g/mol. The normalized spacial score (nSPS) is 14.2. The molecule has 1 aliphatic rings. The third-order valence-electron chi connectivity index (χ3n) is 7.43. The molecule has 4 N–H and O–H groups in total. The van der Waals surface area contributed by atoms with E-state index in [1.165, 1.54) is 0 Å². The van der Waals surface area contributed by atoms with E-state index in [-0.39, 0.29) is 5.91 Å². The van der Waals surface area contributed by atoms with Crippen LogP contribution in [0.15, 0.2) is 61.6 Å². The number of aromatic amines is 2. The molecule has 0 bridgehead atoms. The maximum absolute atomic E-state index is 12.7. The first-order valence-corrected chi connectivity index (χ1v) is 13.4. The number of aryl methyl sites for hydroxylation is 1. The first-order valence-electron chi connectivity index (χ1n) is 13.4. The predicted molar refractivity (Wildman–Crippen MR) is 153 cm³/mol. The maximum Gasteiger partial charge on any atom is 0.224 e. The van der Waals surface area contributed by atoms with Gasteiger partial charge in [-0.15, -0.1) is 0 Å². The zero-order valence-corrected chi connectivity index (χ0v) is 22.0. The highest BCUT2D eigenvalue weighted by molar-refractivity contribution is 5.97. The van der Waals surface area contributed by atoms with Crippen LogP contribution >= 0.6 is 0 Å². The molecule has 7 rings (SSSR count). The van der Waals surface area contributed by atoms with Crippen molar-refractivity contribution in [3.05, 3.63) is 67.3 Å². The van der Waals surface area contributed by atoms with Crippen LogP contribution in [0.3, 0.4) is 0 Å². The molecule has 6 aromatic heterocycles. The number of fused-ring (bicyclic) bond motifs is 2. The molecule has 0 aliphatic carbocycles. The quantitative estimate of drug-likeness (QED) is 0.249. The van der Waals surface area contributed by atoms with Crippen molar-refractivity contribution < 1.29 is 4.79 Å². The summed E-state index contributed by atoms with van der Waals surface area (Å²) in [5.41, 5.74) is 8.06. The number of nitrogens with zero attached hydrogens (tertiary/aromatic N) is 6. The lowest BCUT2D eigenvalue weighted by atomic mass is 9.94. The molecule has 1 aliphatic heterocycles. The molecule has 7 heterocycles. The summed E-state index contributed by atoms with van der Waals surface area (Å²) in [7, 11) is 0. The van der Waals surface area contributed by atoms with Crippen molar-refractivity contribution in [1.29, 1.82) is 0 Å². The third kappa shape index (κ3) is 4.60. The molecule has 1 fully saturated rings. The number of imidazole rings is 1. The van der Waals surface area contributed by atoms with Crippen LogP contribution in [0.5, 0.6) is 0 Å². The number of carbonyl (C=O) groups excluding carboxylic acids is 1. The van der Waals surface area contributed by atoms with Gasteiger partial charge >= 0.3 is 0 Å². The summed E-state index contributed by atoms with van der Waals surface area (Å²) in [5.74, 6) is 0.437. The van der Waals surface area contributed by atoms with Gasteiger partial charge in [-0.05, 0) is 63.0 Å². The molecule has 0 unspecified atom stereocenters. The molecule has 0 aromatic carbocycles. The van der Waals surface area contributed by atoms with Crippen LogP contribution in [0, 0.1) is 12.8 Å².